The van der Waals surface area contributed by atoms with Crippen molar-refractivity contribution in [2.45, 2.75) is 12.3 Å². The van der Waals surface area contributed by atoms with Gasteiger partial charge in [-0.1, -0.05) is 0 Å². The number of hydroxylamine groups is 5. The fraction of sp³-hybridized carbons (Fsp3) is 0.636. The van der Waals surface area contributed by atoms with Crippen molar-refractivity contribution in [3.05, 3.63) is 0 Å². The summed E-state index contributed by atoms with van der Waals surface area (Å²) in [5.74, 6) is -2.87. The zero-order valence-electron chi connectivity index (χ0n) is 13.3. The van der Waals surface area contributed by atoms with Gasteiger partial charge < -0.3 is 4.74 Å². The van der Waals surface area contributed by atoms with E-state index in [1.807, 2.05) is 16.4 Å². The van der Waals surface area contributed by atoms with E-state index < -0.39 is 62.4 Å². The van der Waals surface area contributed by atoms with Crippen LogP contribution < -0.4 is 27.4 Å². The molecule has 0 spiro atoms. The molecule has 5 N–H and O–H groups in total. The molecule has 15 heteroatoms. The van der Waals surface area contributed by atoms with Gasteiger partial charge in [-0.25, -0.2) is 21.9 Å². The molecule has 0 aromatic carbocycles. The molecule has 26 heavy (non-hydrogen) atoms. The standard InChI is InChI=1S/C11H17N5O10/c17-7-2-22-13-8(18)3-23-14-9(19)4-24-15-10(20)5-25-16-11-6(26-11)1-21-12-7/h6,11,16H,1-5H2,(H,12,17)(H,13,18)(H,14,19)(H,15,20). The fourth-order valence-electron chi connectivity index (χ4n) is 1.43. The molecule has 2 saturated heterocycles. The van der Waals surface area contributed by atoms with Crippen LogP contribution in [0.3, 0.4) is 0 Å². The monoisotopic (exact) mass is 379 g/mol. The molecule has 2 fully saturated rings. The predicted molar refractivity (Wildman–Crippen MR) is 74.1 cm³/mol. The summed E-state index contributed by atoms with van der Waals surface area (Å²) < 4.78 is 5.10. The first-order valence-corrected chi connectivity index (χ1v) is 7.20. The van der Waals surface area contributed by atoms with E-state index >= 15 is 0 Å². The molecule has 0 radical (unpaired) electrons. The van der Waals surface area contributed by atoms with E-state index in [1.165, 1.54) is 0 Å². The van der Waals surface area contributed by atoms with E-state index in [0.29, 0.717) is 0 Å². The topological polar surface area (TPSA) is 187 Å². The lowest BCUT2D eigenvalue weighted by Crippen LogP contribution is -2.38. The van der Waals surface area contributed by atoms with Crippen LogP contribution in [0, 0.1) is 0 Å². The quantitative estimate of drug-likeness (QED) is 0.255. The van der Waals surface area contributed by atoms with E-state index in [-0.39, 0.29) is 6.61 Å². The van der Waals surface area contributed by atoms with Gasteiger partial charge in [0.2, 0.25) is 0 Å². The first kappa shape index (κ1) is 19.9. The maximum absolute atomic E-state index is 11.4. The Kier molecular flexibility index (Phi) is 8.09. The molecule has 146 valence electrons. The second-order valence-corrected chi connectivity index (χ2v) is 4.78. The number of carbonyl (C=O) groups excluding carboxylic acids is 4. The minimum absolute atomic E-state index is 0.00997. The van der Waals surface area contributed by atoms with Crippen LogP contribution in [-0.2, 0) is 48.1 Å². The highest BCUT2D eigenvalue weighted by molar-refractivity contribution is 5.79. The van der Waals surface area contributed by atoms with Gasteiger partial charge in [0.25, 0.3) is 23.6 Å². The molecule has 2 aliphatic rings. The van der Waals surface area contributed by atoms with Crippen molar-refractivity contribution in [3.8, 4) is 0 Å². The molecule has 0 saturated carbocycles. The first-order chi connectivity index (χ1) is 12.5. The Morgan fingerprint density at radius 3 is 1.54 bits per heavy atom. The highest BCUT2D eigenvalue weighted by atomic mass is 16.7. The van der Waals surface area contributed by atoms with Gasteiger partial charge in [0.05, 0.1) is 0 Å². The maximum atomic E-state index is 11.4. The first-order valence-electron chi connectivity index (χ1n) is 7.20. The Morgan fingerprint density at radius 2 is 1.04 bits per heavy atom. The van der Waals surface area contributed by atoms with Crippen LogP contribution in [0.15, 0.2) is 0 Å². The second-order valence-electron chi connectivity index (χ2n) is 4.78. The SMILES string of the molecule is O=C1CONC(=O)CONC(=O)CONC2OC2CONC(=O)CON1. The molecule has 2 rings (SSSR count). The number of carbonyl (C=O) groups is 4. The second kappa shape index (κ2) is 10.6. The highest BCUT2D eigenvalue weighted by Crippen LogP contribution is 2.18. The van der Waals surface area contributed by atoms with E-state index in [2.05, 4.69) is 25.5 Å². The van der Waals surface area contributed by atoms with Gasteiger partial charge in [0, 0.05) is 0 Å². The number of amides is 4. The van der Waals surface area contributed by atoms with Crippen molar-refractivity contribution in [1.29, 1.82) is 0 Å². The molecule has 0 bridgehead atoms. The lowest BCUT2D eigenvalue weighted by molar-refractivity contribution is -0.154. The van der Waals surface area contributed by atoms with E-state index in [4.69, 9.17) is 14.4 Å². The highest BCUT2D eigenvalue weighted by Gasteiger charge is 2.40. The van der Waals surface area contributed by atoms with Crippen LogP contribution in [0.1, 0.15) is 0 Å². The Labute approximate surface area is 145 Å². The van der Waals surface area contributed by atoms with E-state index in [9.17, 15) is 19.2 Å². The Balaban J connectivity index is 1.74. The third-order valence-electron chi connectivity index (χ3n) is 2.59. The Morgan fingerprint density at radius 1 is 0.615 bits per heavy atom. The number of hydrogen-bond acceptors (Lipinski definition) is 11. The van der Waals surface area contributed by atoms with Crippen LogP contribution >= 0.6 is 0 Å². The molecule has 15 nitrogen and oxygen atoms in total. The number of ether oxygens (including phenoxy) is 1. The molecular weight excluding hydrogens is 362 g/mol. The molecule has 2 aliphatic heterocycles. The van der Waals surface area contributed by atoms with Crippen molar-refractivity contribution >= 4 is 23.6 Å². The average molecular weight is 379 g/mol. The van der Waals surface area contributed by atoms with Crippen molar-refractivity contribution in [3.63, 3.8) is 0 Å². The van der Waals surface area contributed by atoms with Crippen molar-refractivity contribution in [2.75, 3.05) is 33.0 Å². The predicted octanol–water partition coefficient (Wildman–Crippen LogP) is -4.56. The van der Waals surface area contributed by atoms with E-state index in [0.717, 1.165) is 0 Å². The summed E-state index contributed by atoms with van der Waals surface area (Å²) in [6, 6.07) is 0. The number of nitrogens with one attached hydrogen (secondary N) is 5. The van der Waals surface area contributed by atoms with Crippen LogP contribution in [0.25, 0.3) is 0 Å². The Hall–Kier alpha value is -2.40. The molecule has 2 atom stereocenters. The summed E-state index contributed by atoms with van der Waals surface area (Å²) in [7, 11) is 0. The lowest BCUT2D eigenvalue weighted by Gasteiger charge is -2.08. The summed E-state index contributed by atoms with van der Waals surface area (Å²) in [6.45, 7) is -2.08. The average Bonchev–Trinajstić information content (AvgIpc) is 3.32. The molecule has 2 unspecified atom stereocenters. The van der Waals surface area contributed by atoms with Crippen molar-refractivity contribution in [1.82, 2.24) is 27.4 Å². The number of epoxide rings is 1. The number of fused-ring (bicyclic) bond motifs is 1. The fourth-order valence-corrected chi connectivity index (χ4v) is 1.43. The molecule has 4 amide bonds. The number of rotatable bonds is 0. The Bertz CT molecular complexity index is 487. The minimum atomic E-state index is -0.769. The smallest absolute Gasteiger partial charge is 0.272 e. The van der Waals surface area contributed by atoms with Gasteiger partial charge in [0.1, 0.15) is 19.3 Å². The zero-order chi connectivity index (χ0) is 18.8. The normalized spacial score (nSPS) is 27.7. The van der Waals surface area contributed by atoms with Crippen molar-refractivity contribution in [2.24, 2.45) is 0 Å². The molecule has 0 aromatic rings. The molecule has 0 aromatic heterocycles. The summed E-state index contributed by atoms with van der Waals surface area (Å²) in [6.07, 6.45) is -0.918. The van der Waals surface area contributed by atoms with Crippen LogP contribution in [0.2, 0.25) is 0 Å². The third-order valence-corrected chi connectivity index (χ3v) is 2.59. The van der Waals surface area contributed by atoms with Gasteiger partial charge in [0.15, 0.2) is 26.0 Å². The van der Waals surface area contributed by atoms with Gasteiger partial charge >= 0.3 is 0 Å². The lowest BCUT2D eigenvalue weighted by atomic mass is 10.5. The molecular formula is C11H17N5O10. The van der Waals surface area contributed by atoms with Crippen molar-refractivity contribution < 1.29 is 48.1 Å². The van der Waals surface area contributed by atoms with Crippen LogP contribution in [0.4, 0.5) is 0 Å². The number of hydrogen-bond donors (Lipinski definition) is 5. The largest absolute Gasteiger partial charge is 0.348 e. The summed E-state index contributed by atoms with van der Waals surface area (Å²) >= 11 is 0. The van der Waals surface area contributed by atoms with Crippen LogP contribution in [-0.4, -0.2) is 69.0 Å². The van der Waals surface area contributed by atoms with E-state index in [1.54, 1.807) is 0 Å². The van der Waals surface area contributed by atoms with Gasteiger partial charge in [-0.05, 0) is 0 Å². The van der Waals surface area contributed by atoms with Crippen LogP contribution in [0.5, 0.6) is 0 Å². The van der Waals surface area contributed by atoms with Gasteiger partial charge in [-0.2, -0.15) is 5.48 Å². The summed E-state index contributed by atoms with van der Waals surface area (Å²) in [5, 5.41) is 0. The molecule has 2 heterocycles. The summed E-state index contributed by atoms with van der Waals surface area (Å²) in [4.78, 5) is 68.9. The van der Waals surface area contributed by atoms with Gasteiger partial charge in [-0.3, -0.25) is 43.4 Å². The summed E-state index contributed by atoms with van der Waals surface area (Å²) in [5.41, 5.74) is 10.3. The van der Waals surface area contributed by atoms with Gasteiger partial charge in [-0.15, -0.1) is 0 Å². The zero-order valence-corrected chi connectivity index (χ0v) is 13.3. The maximum Gasteiger partial charge on any atom is 0.272 e. The third kappa shape index (κ3) is 8.12. The molecule has 0 aliphatic carbocycles. The minimum Gasteiger partial charge on any atom is -0.348 e.